The van der Waals surface area contributed by atoms with E-state index in [2.05, 4.69) is 40.3 Å². The van der Waals surface area contributed by atoms with Crippen LogP contribution >= 0.6 is 0 Å². The Balaban J connectivity index is 1.97. The lowest BCUT2D eigenvalue weighted by atomic mass is 9.95. The molecule has 2 rings (SSSR count). The van der Waals surface area contributed by atoms with Crippen molar-refractivity contribution in [1.29, 1.82) is 0 Å². The Morgan fingerprint density at radius 3 is 2.74 bits per heavy atom. The number of nitrogens with one attached hydrogen (secondary N) is 1. The molecule has 1 N–H and O–H groups in total. The van der Waals surface area contributed by atoms with E-state index in [0.717, 1.165) is 12.5 Å². The summed E-state index contributed by atoms with van der Waals surface area (Å²) in [5.41, 5.74) is 2.66. The Morgan fingerprint density at radius 2 is 2.11 bits per heavy atom. The lowest BCUT2D eigenvalue weighted by Gasteiger charge is -2.35. The molecule has 0 saturated carbocycles. The molecule has 2 heterocycles. The van der Waals surface area contributed by atoms with Gasteiger partial charge in [0.15, 0.2) is 0 Å². The average Bonchev–Trinajstić information content (AvgIpc) is 2.40. The summed E-state index contributed by atoms with van der Waals surface area (Å²) in [5.74, 6) is 0.848. The third-order valence-corrected chi connectivity index (χ3v) is 3.82. The molecule has 0 radical (unpaired) electrons. The van der Waals surface area contributed by atoms with E-state index in [0.29, 0.717) is 0 Å². The van der Waals surface area contributed by atoms with Crippen molar-refractivity contribution in [3.63, 3.8) is 0 Å². The Bertz CT molecular complexity index is 383. The molecule has 1 saturated heterocycles. The summed E-state index contributed by atoms with van der Waals surface area (Å²) >= 11 is 0. The molecule has 0 aliphatic carbocycles. The molecule has 0 atom stereocenters. The topological polar surface area (TPSA) is 31.4 Å². The molecule has 1 aliphatic rings. The van der Waals surface area contributed by atoms with E-state index in [9.17, 15) is 0 Å². The van der Waals surface area contributed by atoms with E-state index in [4.69, 9.17) is 0 Å². The second-order valence-corrected chi connectivity index (χ2v) is 5.73. The number of pyridine rings is 1. The van der Waals surface area contributed by atoms with E-state index < -0.39 is 0 Å². The Labute approximate surface area is 116 Å². The summed E-state index contributed by atoms with van der Waals surface area (Å²) < 4.78 is 0. The molecule has 0 bridgehead atoms. The predicted molar refractivity (Wildman–Crippen MR) is 80.5 cm³/mol. The van der Waals surface area contributed by atoms with Crippen LogP contribution in [0.3, 0.4) is 0 Å². The molecule has 0 spiro atoms. The monoisotopic (exact) mass is 262 g/mol. The van der Waals surface area contributed by atoms with Crippen molar-refractivity contribution in [2.24, 2.45) is 5.92 Å². The van der Waals surface area contributed by atoms with Crippen LogP contribution in [0.15, 0.2) is 18.5 Å². The number of hydrogen-bond acceptors (Lipinski definition) is 4. The van der Waals surface area contributed by atoms with Crippen molar-refractivity contribution in [3.05, 3.63) is 24.0 Å². The van der Waals surface area contributed by atoms with Crippen molar-refractivity contribution < 1.29 is 0 Å². The molecule has 4 nitrogen and oxygen atoms in total. The zero-order valence-electron chi connectivity index (χ0n) is 12.4. The first-order chi connectivity index (χ1) is 9.20. The van der Waals surface area contributed by atoms with Crippen LogP contribution in [0.5, 0.6) is 0 Å². The summed E-state index contributed by atoms with van der Waals surface area (Å²) in [6.45, 7) is 4.44. The molecule has 0 aromatic carbocycles. The van der Waals surface area contributed by atoms with Crippen LogP contribution in [0.4, 0.5) is 5.69 Å². The third kappa shape index (κ3) is 3.91. The predicted octanol–water partition coefficient (Wildman–Crippen LogP) is 1.58. The molecule has 106 valence electrons. The molecule has 1 aromatic rings. The van der Waals surface area contributed by atoms with Crippen LogP contribution in [-0.2, 0) is 6.54 Å². The van der Waals surface area contributed by atoms with Gasteiger partial charge in [-0.2, -0.15) is 0 Å². The van der Waals surface area contributed by atoms with Gasteiger partial charge in [-0.25, -0.2) is 0 Å². The zero-order chi connectivity index (χ0) is 13.7. The van der Waals surface area contributed by atoms with Crippen molar-refractivity contribution >= 4 is 5.69 Å². The number of aromatic nitrogens is 1. The van der Waals surface area contributed by atoms with Crippen molar-refractivity contribution in [1.82, 2.24) is 15.2 Å². The second kappa shape index (κ2) is 6.87. The summed E-state index contributed by atoms with van der Waals surface area (Å²) in [5, 5.41) is 3.23. The van der Waals surface area contributed by atoms with Gasteiger partial charge in [-0.1, -0.05) is 0 Å². The SMILES string of the molecule is CNCc1cnccc1N1CCC(CN(C)C)CC1. The molecular formula is C15H26N4. The fraction of sp³-hybridized carbons (Fsp3) is 0.667. The number of nitrogens with zero attached hydrogens (tertiary/aromatic N) is 3. The minimum absolute atomic E-state index is 0.848. The first kappa shape index (κ1) is 14.3. The summed E-state index contributed by atoms with van der Waals surface area (Å²) in [6.07, 6.45) is 6.47. The highest BCUT2D eigenvalue weighted by atomic mass is 15.1. The van der Waals surface area contributed by atoms with Crippen LogP contribution in [0, 0.1) is 5.92 Å². The van der Waals surface area contributed by atoms with Crippen molar-refractivity contribution in [2.75, 3.05) is 45.7 Å². The van der Waals surface area contributed by atoms with Gasteiger partial charge in [0.1, 0.15) is 0 Å². The van der Waals surface area contributed by atoms with Crippen LogP contribution in [-0.4, -0.2) is 50.7 Å². The first-order valence-electron chi connectivity index (χ1n) is 7.18. The lowest BCUT2D eigenvalue weighted by Crippen LogP contribution is -2.37. The summed E-state index contributed by atoms with van der Waals surface area (Å²) in [7, 11) is 6.32. The maximum Gasteiger partial charge on any atom is 0.0442 e. The van der Waals surface area contributed by atoms with E-state index in [1.165, 1.54) is 43.7 Å². The Morgan fingerprint density at radius 1 is 1.37 bits per heavy atom. The molecule has 19 heavy (non-hydrogen) atoms. The minimum Gasteiger partial charge on any atom is -0.371 e. The number of rotatable bonds is 5. The molecule has 0 unspecified atom stereocenters. The quantitative estimate of drug-likeness (QED) is 0.873. The summed E-state index contributed by atoms with van der Waals surface area (Å²) in [4.78, 5) is 9.06. The largest absolute Gasteiger partial charge is 0.371 e. The van der Waals surface area contributed by atoms with Crippen molar-refractivity contribution in [3.8, 4) is 0 Å². The highest BCUT2D eigenvalue weighted by molar-refractivity contribution is 5.52. The first-order valence-corrected chi connectivity index (χ1v) is 7.18. The van der Waals surface area contributed by atoms with Gasteiger partial charge in [-0.15, -0.1) is 0 Å². The zero-order valence-corrected chi connectivity index (χ0v) is 12.4. The summed E-state index contributed by atoms with van der Waals surface area (Å²) in [6, 6.07) is 2.15. The molecule has 1 aromatic heterocycles. The smallest absolute Gasteiger partial charge is 0.0442 e. The molecule has 4 heteroatoms. The van der Waals surface area contributed by atoms with Gasteiger partial charge in [0, 0.05) is 49.8 Å². The van der Waals surface area contributed by atoms with Crippen molar-refractivity contribution in [2.45, 2.75) is 19.4 Å². The maximum absolute atomic E-state index is 4.24. The fourth-order valence-corrected chi connectivity index (χ4v) is 2.93. The molecule has 1 aliphatic heterocycles. The van der Waals surface area contributed by atoms with Gasteiger partial charge in [0.05, 0.1) is 0 Å². The van der Waals surface area contributed by atoms with Crippen LogP contribution in [0.25, 0.3) is 0 Å². The van der Waals surface area contributed by atoms with E-state index >= 15 is 0 Å². The molecule has 0 amide bonds. The Kier molecular flexibility index (Phi) is 5.16. The van der Waals surface area contributed by atoms with E-state index in [1.807, 2.05) is 19.4 Å². The van der Waals surface area contributed by atoms with Gasteiger partial charge in [0.2, 0.25) is 0 Å². The van der Waals surface area contributed by atoms with Gasteiger partial charge in [-0.3, -0.25) is 4.98 Å². The lowest BCUT2D eigenvalue weighted by molar-refractivity contribution is 0.285. The number of hydrogen-bond donors (Lipinski definition) is 1. The Hall–Kier alpha value is -1.13. The average molecular weight is 262 g/mol. The number of piperidine rings is 1. The highest BCUT2D eigenvalue weighted by Crippen LogP contribution is 2.26. The van der Waals surface area contributed by atoms with Crippen LogP contribution in [0.1, 0.15) is 18.4 Å². The van der Waals surface area contributed by atoms with Gasteiger partial charge in [0.25, 0.3) is 0 Å². The van der Waals surface area contributed by atoms with Crippen LogP contribution in [0.2, 0.25) is 0 Å². The maximum atomic E-state index is 4.24. The fourth-order valence-electron chi connectivity index (χ4n) is 2.93. The van der Waals surface area contributed by atoms with E-state index in [-0.39, 0.29) is 0 Å². The number of anilines is 1. The van der Waals surface area contributed by atoms with Gasteiger partial charge >= 0.3 is 0 Å². The van der Waals surface area contributed by atoms with E-state index in [1.54, 1.807) is 0 Å². The standard InChI is InChI=1S/C15H26N4/c1-16-10-14-11-17-7-4-15(14)19-8-5-13(6-9-19)12-18(2)3/h4,7,11,13,16H,5-6,8-10,12H2,1-3H3. The molecule has 1 fully saturated rings. The highest BCUT2D eigenvalue weighted by Gasteiger charge is 2.21. The molecular weight excluding hydrogens is 236 g/mol. The second-order valence-electron chi connectivity index (χ2n) is 5.73. The van der Waals surface area contributed by atoms with Gasteiger partial charge < -0.3 is 15.1 Å². The normalized spacial score (nSPS) is 17.2. The third-order valence-electron chi connectivity index (χ3n) is 3.82. The minimum atomic E-state index is 0.848. The van der Waals surface area contributed by atoms with Gasteiger partial charge in [-0.05, 0) is 46.0 Å². The van der Waals surface area contributed by atoms with Crippen LogP contribution < -0.4 is 10.2 Å².